The largest absolute Gasteiger partial charge is 0.354 e. The third-order valence-corrected chi connectivity index (χ3v) is 3.45. The zero-order valence-corrected chi connectivity index (χ0v) is 11.6. The molecule has 0 spiro atoms. The molecule has 2 aromatic rings. The number of pyridine rings is 1. The number of aromatic nitrogens is 2. The van der Waals surface area contributed by atoms with E-state index in [0.717, 1.165) is 23.2 Å². The van der Waals surface area contributed by atoms with Gasteiger partial charge in [-0.3, -0.25) is 9.78 Å². The summed E-state index contributed by atoms with van der Waals surface area (Å²) in [6.07, 6.45) is 6.25. The predicted molar refractivity (Wildman–Crippen MR) is 74.9 cm³/mol. The molecule has 100 valence electrons. The fraction of sp³-hybridized carbons (Fsp3) is 0.333. The quantitative estimate of drug-likeness (QED) is 0.915. The standard InChI is InChI=1S/C15H19N3O/c1-4-14(12-5-8-16-9-6-12)17-15(19)13-7-10-18(3)11(13)2/h5-10,14H,4H2,1-3H3,(H,17,19). The van der Waals surface area contributed by atoms with Crippen molar-refractivity contribution in [2.24, 2.45) is 7.05 Å². The summed E-state index contributed by atoms with van der Waals surface area (Å²) >= 11 is 0. The first-order chi connectivity index (χ1) is 9.13. The molecular formula is C15H19N3O. The van der Waals surface area contributed by atoms with Crippen molar-refractivity contribution in [3.63, 3.8) is 0 Å². The Bertz CT molecular complexity index is 560. The van der Waals surface area contributed by atoms with Gasteiger partial charge in [-0.2, -0.15) is 0 Å². The maximum absolute atomic E-state index is 12.3. The van der Waals surface area contributed by atoms with Gasteiger partial charge in [-0.15, -0.1) is 0 Å². The first kappa shape index (κ1) is 13.3. The Balaban J connectivity index is 2.15. The topological polar surface area (TPSA) is 46.9 Å². The highest BCUT2D eigenvalue weighted by molar-refractivity contribution is 5.95. The third-order valence-electron chi connectivity index (χ3n) is 3.45. The van der Waals surface area contributed by atoms with Crippen molar-refractivity contribution in [2.75, 3.05) is 0 Å². The van der Waals surface area contributed by atoms with Crippen LogP contribution in [0.25, 0.3) is 0 Å². The Kier molecular flexibility index (Phi) is 4.00. The summed E-state index contributed by atoms with van der Waals surface area (Å²) in [7, 11) is 1.94. The lowest BCUT2D eigenvalue weighted by molar-refractivity contribution is 0.0935. The maximum Gasteiger partial charge on any atom is 0.253 e. The molecule has 2 rings (SSSR count). The van der Waals surface area contributed by atoms with Crippen molar-refractivity contribution < 1.29 is 4.79 Å². The van der Waals surface area contributed by atoms with E-state index in [4.69, 9.17) is 0 Å². The normalized spacial score (nSPS) is 12.2. The monoisotopic (exact) mass is 257 g/mol. The summed E-state index contributed by atoms with van der Waals surface area (Å²) < 4.78 is 1.95. The average Bonchev–Trinajstić information content (AvgIpc) is 2.77. The summed E-state index contributed by atoms with van der Waals surface area (Å²) in [5, 5.41) is 3.07. The SMILES string of the molecule is CCC(NC(=O)c1ccn(C)c1C)c1ccncc1. The Morgan fingerprint density at radius 2 is 2.05 bits per heavy atom. The van der Waals surface area contributed by atoms with Gasteiger partial charge >= 0.3 is 0 Å². The van der Waals surface area contributed by atoms with Gasteiger partial charge in [-0.1, -0.05) is 6.92 Å². The minimum absolute atomic E-state index is 0.0232. The number of nitrogens with zero attached hydrogens (tertiary/aromatic N) is 2. The zero-order valence-electron chi connectivity index (χ0n) is 11.6. The second kappa shape index (κ2) is 5.69. The minimum Gasteiger partial charge on any atom is -0.354 e. The lowest BCUT2D eigenvalue weighted by Crippen LogP contribution is -2.28. The number of rotatable bonds is 4. The first-order valence-corrected chi connectivity index (χ1v) is 6.46. The molecule has 1 unspecified atom stereocenters. The molecule has 0 aliphatic carbocycles. The van der Waals surface area contributed by atoms with E-state index in [1.54, 1.807) is 12.4 Å². The minimum atomic E-state index is -0.0261. The van der Waals surface area contributed by atoms with Crippen LogP contribution in [-0.4, -0.2) is 15.5 Å². The fourth-order valence-corrected chi connectivity index (χ4v) is 2.10. The molecule has 4 nitrogen and oxygen atoms in total. The lowest BCUT2D eigenvalue weighted by Gasteiger charge is -2.17. The van der Waals surface area contributed by atoms with Gasteiger partial charge in [0.15, 0.2) is 0 Å². The van der Waals surface area contributed by atoms with Gasteiger partial charge in [0.1, 0.15) is 0 Å². The number of amides is 1. The van der Waals surface area contributed by atoms with E-state index in [9.17, 15) is 4.79 Å². The number of hydrogen-bond acceptors (Lipinski definition) is 2. The number of carbonyl (C=O) groups is 1. The van der Waals surface area contributed by atoms with E-state index in [2.05, 4.69) is 17.2 Å². The van der Waals surface area contributed by atoms with Gasteiger partial charge in [0, 0.05) is 31.3 Å². The summed E-state index contributed by atoms with van der Waals surface area (Å²) in [5.41, 5.74) is 2.79. The molecule has 0 aliphatic heterocycles. The van der Waals surface area contributed by atoms with E-state index >= 15 is 0 Å². The van der Waals surface area contributed by atoms with Gasteiger partial charge in [-0.05, 0) is 37.1 Å². The van der Waals surface area contributed by atoms with Crippen molar-refractivity contribution in [1.29, 1.82) is 0 Å². The smallest absolute Gasteiger partial charge is 0.253 e. The maximum atomic E-state index is 12.3. The summed E-state index contributed by atoms with van der Waals surface area (Å²) in [5.74, 6) is -0.0261. The predicted octanol–water partition coefficient (Wildman–Crippen LogP) is 2.61. The van der Waals surface area contributed by atoms with Crippen LogP contribution in [0.2, 0.25) is 0 Å². The van der Waals surface area contributed by atoms with E-state index in [0.29, 0.717) is 0 Å². The van der Waals surface area contributed by atoms with Crippen LogP contribution < -0.4 is 5.32 Å². The summed E-state index contributed by atoms with van der Waals surface area (Å²) in [6, 6.07) is 5.75. The molecule has 2 aromatic heterocycles. The van der Waals surface area contributed by atoms with Gasteiger partial charge in [0.2, 0.25) is 0 Å². The molecule has 0 aromatic carbocycles. The van der Waals surface area contributed by atoms with Crippen molar-refractivity contribution >= 4 is 5.91 Å². The molecular weight excluding hydrogens is 238 g/mol. The molecule has 1 atom stereocenters. The van der Waals surface area contributed by atoms with E-state index in [1.807, 2.05) is 42.9 Å². The van der Waals surface area contributed by atoms with E-state index in [-0.39, 0.29) is 11.9 Å². The molecule has 0 aliphatic rings. The fourth-order valence-electron chi connectivity index (χ4n) is 2.10. The van der Waals surface area contributed by atoms with Gasteiger partial charge < -0.3 is 9.88 Å². The Labute approximate surface area is 113 Å². The highest BCUT2D eigenvalue weighted by atomic mass is 16.1. The van der Waals surface area contributed by atoms with Crippen molar-refractivity contribution in [3.05, 3.63) is 53.6 Å². The van der Waals surface area contributed by atoms with Crippen LogP contribution in [0.5, 0.6) is 0 Å². The van der Waals surface area contributed by atoms with Gasteiger partial charge in [0.25, 0.3) is 5.91 Å². The molecule has 0 saturated heterocycles. The lowest BCUT2D eigenvalue weighted by atomic mass is 10.1. The van der Waals surface area contributed by atoms with Crippen LogP contribution in [0.1, 0.15) is 41.0 Å². The van der Waals surface area contributed by atoms with E-state index < -0.39 is 0 Å². The molecule has 0 bridgehead atoms. The van der Waals surface area contributed by atoms with Crippen molar-refractivity contribution in [1.82, 2.24) is 14.9 Å². The first-order valence-electron chi connectivity index (χ1n) is 6.46. The number of hydrogen-bond donors (Lipinski definition) is 1. The van der Waals surface area contributed by atoms with E-state index in [1.165, 1.54) is 0 Å². The molecule has 0 radical (unpaired) electrons. The molecule has 1 amide bonds. The second-order valence-corrected chi connectivity index (χ2v) is 4.64. The van der Waals surface area contributed by atoms with Crippen LogP contribution in [0.15, 0.2) is 36.8 Å². The zero-order chi connectivity index (χ0) is 13.8. The van der Waals surface area contributed by atoms with Crippen LogP contribution in [0, 0.1) is 6.92 Å². The van der Waals surface area contributed by atoms with Crippen LogP contribution in [0.4, 0.5) is 0 Å². The van der Waals surface area contributed by atoms with Gasteiger partial charge in [-0.25, -0.2) is 0 Å². The molecule has 0 saturated carbocycles. The number of carbonyl (C=O) groups excluding carboxylic acids is 1. The molecule has 19 heavy (non-hydrogen) atoms. The Hall–Kier alpha value is -2.10. The van der Waals surface area contributed by atoms with Crippen LogP contribution >= 0.6 is 0 Å². The van der Waals surface area contributed by atoms with Crippen molar-refractivity contribution in [2.45, 2.75) is 26.3 Å². The Morgan fingerprint density at radius 3 is 2.58 bits per heavy atom. The number of nitrogens with one attached hydrogen (secondary N) is 1. The van der Waals surface area contributed by atoms with Crippen LogP contribution in [-0.2, 0) is 7.05 Å². The summed E-state index contributed by atoms with van der Waals surface area (Å²) in [4.78, 5) is 16.3. The Morgan fingerprint density at radius 1 is 1.37 bits per heavy atom. The average molecular weight is 257 g/mol. The van der Waals surface area contributed by atoms with Gasteiger partial charge in [0.05, 0.1) is 11.6 Å². The highest BCUT2D eigenvalue weighted by Gasteiger charge is 2.16. The number of aryl methyl sites for hydroxylation is 1. The molecule has 4 heteroatoms. The van der Waals surface area contributed by atoms with Crippen LogP contribution in [0.3, 0.4) is 0 Å². The second-order valence-electron chi connectivity index (χ2n) is 4.64. The third kappa shape index (κ3) is 2.84. The molecule has 1 N–H and O–H groups in total. The molecule has 0 fully saturated rings. The highest BCUT2D eigenvalue weighted by Crippen LogP contribution is 2.17. The molecule has 2 heterocycles. The van der Waals surface area contributed by atoms with Crippen molar-refractivity contribution in [3.8, 4) is 0 Å². The summed E-state index contributed by atoms with van der Waals surface area (Å²) in [6.45, 7) is 4.01.